The minimum Gasteiger partial charge on any atom is -0.391 e. The molecule has 0 spiro atoms. The second-order valence-corrected chi connectivity index (χ2v) is 25.0. The van der Waals surface area contributed by atoms with Crippen LogP contribution in [-0.2, 0) is 34.2 Å². The number of halogens is 2. The monoisotopic (exact) mass is 1170 g/mol. The molecule has 3 saturated heterocycles. The first-order valence-electron chi connectivity index (χ1n) is 26.7. The lowest BCUT2D eigenvalue weighted by Crippen LogP contribution is -2.61. The van der Waals surface area contributed by atoms with Crippen LogP contribution in [0.4, 0.5) is 8.78 Å². The molecule has 21 nitrogen and oxygen atoms in total. The number of carbonyl (C=O) groups excluding carboxylic acids is 7. The Hall–Kier alpha value is -7.50. The Bertz CT molecular complexity index is 3550. The highest BCUT2D eigenvalue weighted by Gasteiger charge is 2.51. The second kappa shape index (κ2) is 23.0. The fourth-order valence-electron chi connectivity index (χ4n) is 11.0. The van der Waals surface area contributed by atoms with Gasteiger partial charge in [-0.15, -0.1) is 11.3 Å². The highest BCUT2D eigenvalue weighted by atomic mass is 32.1. The summed E-state index contributed by atoms with van der Waals surface area (Å²) in [5.74, 6) is -4.69. The number of thiazole rings is 1. The van der Waals surface area contributed by atoms with Crippen LogP contribution in [0.15, 0.2) is 88.9 Å². The number of carbonyl (C=O) groups is 7. The number of nitrogens with zero attached hydrogens (tertiary/aromatic N) is 6. The first-order valence-corrected chi connectivity index (χ1v) is 29.2. The molecule has 6 aromatic rings. The van der Waals surface area contributed by atoms with Crippen LogP contribution in [0.2, 0.25) is 0 Å². The number of benzene rings is 4. The molecule has 0 saturated carbocycles. The van der Waals surface area contributed by atoms with Crippen LogP contribution >= 0.6 is 18.9 Å². The molecule has 3 aliphatic rings. The van der Waals surface area contributed by atoms with Gasteiger partial charge in [0, 0.05) is 43.7 Å². The molecule has 7 amide bonds. The number of alkyl halides is 2. The van der Waals surface area contributed by atoms with Crippen LogP contribution in [-0.4, -0.2) is 156 Å². The molecule has 0 aliphatic carbocycles. The van der Waals surface area contributed by atoms with Gasteiger partial charge in [0.2, 0.25) is 29.5 Å². The van der Waals surface area contributed by atoms with Gasteiger partial charge in [-0.05, 0) is 97.7 Å². The quantitative estimate of drug-likeness (QED) is 0.0706. The predicted octanol–water partition coefficient (Wildman–Crippen LogP) is 5.78. The third-order valence-electron chi connectivity index (χ3n) is 15.5. The van der Waals surface area contributed by atoms with Crippen molar-refractivity contribution in [2.24, 2.45) is 5.41 Å². The van der Waals surface area contributed by atoms with Crippen LogP contribution < -0.4 is 16.0 Å². The number of aromatic nitrogens is 2. The lowest BCUT2D eigenvalue weighted by atomic mass is 9.85. The second-order valence-electron chi connectivity index (χ2n) is 22.5. The summed E-state index contributed by atoms with van der Waals surface area (Å²) < 4.78 is 46.8. The number of rotatable bonds is 14. The summed E-state index contributed by atoms with van der Waals surface area (Å²) in [6, 6.07) is 13.7. The highest BCUT2D eigenvalue weighted by Crippen LogP contribution is 2.59. The average Bonchev–Trinajstić information content (AvgIpc) is 4.29. The smallest absolute Gasteiger partial charge is 0.391 e. The number of likely N-dealkylation sites (tertiary alicyclic amines) is 1. The molecule has 7 atom stereocenters. The van der Waals surface area contributed by atoms with Gasteiger partial charge < -0.3 is 55.0 Å². The molecule has 3 aliphatic heterocycles. The van der Waals surface area contributed by atoms with E-state index in [-0.39, 0.29) is 49.0 Å². The molecule has 9 rings (SSSR count). The molecule has 434 valence electrons. The number of nitrogens with one attached hydrogen (secondary N) is 3. The molecule has 4 aromatic carbocycles. The van der Waals surface area contributed by atoms with Crippen LogP contribution in [0.1, 0.15) is 103 Å². The summed E-state index contributed by atoms with van der Waals surface area (Å²) in [6.45, 7) is 9.63. The van der Waals surface area contributed by atoms with Crippen molar-refractivity contribution in [1.29, 1.82) is 0 Å². The summed E-state index contributed by atoms with van der Waals surface area (Å²) in [7, 11) is -4.57. The van der Waals surface area contributed by atoms with E-state index in [0.717, 1.165) is 44.3 Å². The van der Waals surface area contributed by atoms with Crippen molar-refractivity contribution in [1.82, 2.24) is 45.7 Å². The maximum atomic E-state index is 15.1. The average molecular weight is 1170 g/mol. The van der Waals surface area contributed by atoms with Crippen molar-refractivity contribution in [3.05, 3.63) is 118 Å². The van der Waals surface area contributed by atoms with Crippen molar-refractivity contribution >= 4 is 82.0 Å². The van der Waals surface area contributed by atoms with Gasteiger partial charge in [0.25, 0.3) is 11.8 Å². The Morgan fingerprint density at radius 2 is 1.62 bits per heavy atom. The molecule has 0 bridgehead atoms. The molecule has 5 heterocycles. The summed E-state index contributed by atoms with van der Waals surface area (Å²) in [4.78, 5) is 130. The number of amides is 7. The Kier molecular flexibility index (Phi) is 16.6. The lowest BCUT2D eigenvalue weighted by molar-refractivity contribution is -0.148. The van der Waals surface area contributed by atoms with Gasteiger partial charge >= 0.3 is 13.3 Å². The number of hydrogen-bond acceptors (Lipinski definition) is 13. The van der Waals surface area contributed by atoms with Gasteiger partial charge in [-0.3, -0.25) is 38.1 Å². The van der Waals surface area contributed by atoms with Crippen molar-refractivity contribution in [3.63, 3.8) is 0 Å². The molecule has 2 aromatic heterocycles. The normalized spacial score (nSPS) is 20.5. The van der Waals surface area contributed by atoms with Crippen molar-refractivity contribution in [2.45, 2.75) is 115 Å². The van der Waals surface area contributed by atoms with E-state index in [1.54, 1.807) is 44.5 Å². The van der Waals surface area contributed by atoms with Crippen LogP contribution in [0.5, 0.6) is 0 Å². The SMILES string of the molecule is Cc1ccc2onc(C(=O)N3CC[C@H]4CC[C@@H](C(=O)N(C)CC(=O)N[C@H](C(=O)N5C[C@H](O)C[C@H]5C(=O)N[C@@H](C)c5ccc(-c6scnc6C)cc5)C(C)(C)C)N4C(=O)[C@@H](NC(=O)c4ccc5ccc(C(F)(F)P(=O)(O)O)cc5c4)C3)c2c1. The Balaban J connectivity index is 0.907. The molecular formula is C57H64F2N9O12PS. The number of fused-ring (bicyclic) bond motifs is 3. The van der Waals surface area contributed by atoms with Crippen LogP contribution in [0.25, 0.3) is 32.2 Å². The predicted molar refractivity (Wildman–Crippen MR) is 298 cm³/mol. The zero-order valence-electron chi connectivity index (χ0n) is 46.1. The lowest BCUT2D eigenvalue weighted by Gasteiger charge is -2.39. The van der Waals surface area contributed by atoms with Gasteiger partial charge in [-0.1, -0.05) is 80.0 Å². The number of aliphatic hydroxyl groups excluding tert-OH is 1. The van der Waals surface area contributed by atoms with Crippen molar-refractivity contribution in [3.8, 4) is 10.4 Å². The highest BCUT2D eigenvalue weighted by molar-refractivity contribution is 7.52. The zero-order valence-corrected chi connectivity index (χ0v) is 47.8. The molecule has 0 unspecified atom stereocenters. The van der Waals surface area contributed by atoms with Gasteiger partial charge in [0.1, 0.15) is 24.2 Å². The van der Waals surface area contributed by atoms with Gasteiger partial charge in [0.05, 0.1) is 46.7 Å². The van der Waals surface area contributed by atoms with Gasteiger partial charge in [-0.25, -0.2) is 4.98 Å². The largest absolute Gasteiger partial charge is 0.399 e. The van der Waals surface area contributed by atoms with E-state index in [1.165, 1.54) is 57.3 Å². The maximum Gasteiger partial charge on any atom is 0.399 e. The number of likely N-dealkylation sites (N-methyl/N-ethyl adjacent to an activating group) is 1. The van der Waals surface area contributed by atoms with Gasteiger partial charge in [-0.2, -0.15) is 8.78 Å². The third-order valence-corrected chi connectivity index (χ3v) is 17.5. The number of hydrogen-bond donors (Lipinski definition) is 6. The summed E-state index contributed by atoms with van der Waals surface area (Å²) in [6.07, 6.45) is -0.438. The van der Waals surface area contributed by atoms with Crippen LogP contribution in [0, 0.1) is 19.3 Å². The number of aryl methyl sites for hydroxylation is 2. The molecule has 3 fully saturated rings. The van der Waals surface area contributed by atoms with Crippen molar-refractivity contribution in [2.75, 3.05) is 33.2 Å². The zero-order chi connectivity index (χ0) is 59.3. The Morgan fingerprint density at radius 1 is 0.902 bits per heavy atom. The first kappa shape index (κ1) is 59.1. The minimum absolute atomic E-state index is 0.0241. The Labute approximate surface area is 474 Å². The third kappa shape index (κ3) is 12.0. The molecular weight excluding hydrogens is 1100 g/mol. The fraction of sp³-hybridized carbons (Fsp3) is 0.421. The van der Waals surface area contributed by atoms with E-state index in [0.29, 0.717) is 22.8 Å². The van der Waals surface area contributed by atoms with Crippen LogP contribution in [0.3, 0.4) is 0 Å². The molecule has 6 N–H and O–H groups in total. The van der Waals surface area contributed by atoms with E-state index in [4.69, 9.17) is 4.52 Å². The van der Waals surface area contributed by atoms with Gasteiger partial charge in [0.15, 0.2) is 11.3 Å². The summed E-state index contributed by atoms with van der Waals surface area (Å²) in [5.41, 5.74) is -0.989. The topological polar surface area (TPSA) is 285 Å². The van der Waals surface area contributed by atoms with E-state index in [2.05, 4.69) is 26.1 Å². The molecule has 25 heteroatoms. The number of β-amino-alcohol motifs (C(OH)–C–C–N with tert-alkyl or cyclic N) is 1. The molecule has 82 heavy (non-hydrogen) atoms. The standard InChI is InChI=1S/C57H64F2N9O12PS/c1-30-8-19-45-41(22-30)47(64-80-45)54(75)66-21-20-39-17-18-43(68(39)52(73)42(27-66)62-50(71)36-14-11-34-15-16-38(24-37(34)23-36)57(58,59)81(77,78)79)53(74)65(7)28-46(70)63-49(56(4,5)6)55(76)67-26-40(69)25-44(67)51(72)61-31(2)33-9-12-35(13-10-33)48-32(3)60-29-82-48/h8-16,19,22-24,29,31,39-40,42-44,49,69H,17-18,20-21,25-28H2,1-7H3,(H,61,72)(H,62,71)(H,63,70)(H2,77,78,79)/t31-,39+,40+,42-,43-,44-,49+/m0/s1. The Morgan fingerprint density at radius 3 is 2.30 bits per heavy atom. The number of aliphatic hydroxyl groups is 1. The van der Waals surface area contributed by atoms with E-state index in [1.807, 2.05) is 45.0 Å². The first-order chi connectivity index (χ1) is 38.6. The maximum absolute atomic E-state index is 15.1. The molecule has 0 radical (unpaired) electrons. The van der Waals surface area contributed by atoms with E-state index in [9.17, 15) is 57.0 Å². The fourth-order valence-corrected chi connectivity index (χ4v) is 12.3. The summed E-state index contributed by atoms with van der Waals surface area (Å²) >= 11 is 1.52. The summed E-state index contributed by atoms with van der Waals surface area (Å²) in [5, 5.41) is 24.1. The van der Waals surface area contributed by atoms with E-state index < -0.39 is 121 Å². The van der Waals surface area contributed by atoms with E-state index >= 15 is 4.79 Å². The van der Waals surface area contributed by atoms with Crippen molar-refractivity contribution < 1.29 is 66.3 Å². The minimum atomic E-state index is -5.94.